The predicted octanol–water partition coefficient (Wildman–Crippen LogP) is 2.32. The van der Waals surface area contributed by atoms with E-state index in [0.29, 0.717) is 22.2 Å². The molecule has 0 aliphatic carbocycles. The van der Waals surface area contributed by atoms with E-state index in [9.17, 15) is 9.59 Å². The molecule has 10 heteroatoms. The summed E-state index contributed by atoms with van der Waals surface area (Å²) in [4.78, 5) is 29.9. The van der Waals surface area contributed by atoms with Gasteiger partial charge in [-0.1, -0.05) is 32.1 Å². The number of carbonyl (C=O) groups excluding carboxylic acids is 2. The van der Waals surface area contributed by atoms with Crippen LogP contribution in [0.15, 0.2) is 12.4 Å². The first-order valence-corrected chi connectivity index (χ1v) is 9.62. The number of aromatic nitrogens is 3. The van der Waals surface area contributed by atoms with E-state index >= 15 is 0 Å². The van der Waals surface area contributed by atoms with Crippen molar-refractivity contribution in [1.82, 2.24) is 20.1 Å². The highest BCUT2D eigenvalue weighted by Crippen LogP contribution is 2.34. The molecule has 2 aromatic heterocycles. The van der Waals surface area contributed by atoms with Gasteiger partial charge in [0.15, 0.2) is 5.13 Å². The first-order valence-electron chi connectivity index (χ1n) is 8.80. The summed E-state index contributed by atoms with van der Waals surface area (Å²) in [5.41, 5.74) is 1.33. The van der Waals surface area contributed by atoms with E-state index in [1.807, 2.05) is 34.0 Å². The maximum atomic E-state index is 12.9. The number of hydrogen-bond donors (Lipinski definition) is 2. The SMILES string of the molecule is COC(=O)c1sc(NC(=O)[C@H]2CNC[C@@H]2c2cnn(C)c2)nc1C(C)(C)C.Cl. The van der Waals surface area contributed by atoms with Gasteiger partial charge >= 0.3 is 5.97 Å². The molecule has 0 saturated carbocycles. The number of anilines is 1. The second-order valence-corrected chi connectivity index (χ2v) is 8.75. The average molecular weight is 428 g/mol. The van der Waals surface area contributed by atoms with E-state index in [1.165, 1.54) is 7.11 Å². The van der Waals surface area contributed by atoms with Gasteiger partial charge in [0, 0.05) is 37.7 Å². The van der Waals surface area contributed by atoms with E-state index < -0.39 is 5.97 Å². The van der Waals surface area contributed by atoms with Gasteiger partial charge in [0.25, 0.3) is 0 Å². The number of ether oxygens (including phenoxy) is 1. The van der Waals surface area contributed by atoms with Gasteiger partial charge in [-0.15, -0.1) is 12.4 Å². The Kier molecular flexibility index (Phi) is 6.84. The molecule has 154 valence electrons. The molecular weight excluding hydrogens is 402 g/mol. The van der Waals surface area contributed by atoms with Crippen LogP contribution in [0.5, 0.6) is 0 Å². The van der Waals surface area contributed by atoms with Crippen molar-refractivity contribution in [3.8, 4) is 0 Å². The van der Waals surface area contributed by atoms with Crippen LogP contribution >= 0.6 is 23.7 Å². The van der Waals surface area contributed by atoms with Gasteiger partial charge in [-0.2, -0.15) is 5.10 Å². The van der Waals surface area contributed by atoms with Gasteiger partial charge in [0.05, 0.1) is 24.9 Å². The van der Waals surface area contributed by atoms with Crippen LogP contribution in [0.2, 0.25) is 0 Å². The standard InChI is InChI=1S/C18H25N5O3S.ClH/c1-18(2,3)14-13(16(25)26-5)27-17(21-14)22-15(24)12-8-19-7-11(12)10-6-20-23(4)9-10;/h6,9,11-12,19H,7-8H2,1-5H3,(H,21,22,24);1H/t11-,12+;/m1./s1. The minimum Gasteiger partial charge on any atom is -0.465 e. The molecule has 3 heterocycles. The number of thiazole rings is 1. The second-order valence-electron chi connectivity index (χ2n) is 7.75. The Hall–Kier alpha value is -1.97. The van der Waals surface area contributed by atoms with Crippen molar-refractivity contribution in [2.24, 2.45) is 13.0 Å². The monoisotopic (exact) mass is 427 g/mol. The third kappa shape index (κ3) is 4.53. The summed E-state index contributed by atoms with van der Waals surface area (Å²) in [6.07, 6.45) is 3.74. The van der Waals surface area contributed by atoms with Gasteiger partial charge in [0.1, 0.15) is 4.88 Å². The maximum Gasteiger partial charge on any atom is 0.350 e. The van der Waals surface area contributed by atoms with Gasteiger partial charge in [0.2, 0.25) is 5.91 Å². The molecule has 1 aliphatic heterocycles. The summed E-state index contributed by atoms with van der Waals surface area (Å²) in [5.74, 6) is -0.716. The van der Waals surface area contributed by atoms with Crippen molar-refractivity contribution >= 4 is 40.8 Å². The summed E-state index contributed by atoms with van der Waals surface area (Å²) in [6.45, 7) is 7.23. The zero-order valence-corrected chi connectivity index (χ0v) is 18.2. The summed E-state index contributed by atoms with van der Waals surface area (Å²) >= 11 is 1.15. The van der Waals surface area contributed by atoms with Crippen molar-refractivity contribution in [2.75, 3.05) is 25.5 Å². The molecule has 28 heavy (non-hydrogen) atoms. The van der Waals surface area contributed by atoms with Crippen molar-refractivity contribution in [2.45, 2.75) is 32.1 Å². The number of hydrogen-bond acceptors (Lipinski definition) is 7. The normalized spacial score (nSPS) is 19.2. The number of aryl methyl sites for hydroxylation is 1. The molecule has 0 unspecified atom stereocenters. The lowest BCUT2D eigenvalue weighted by atomic mass is 9.90. The number of carbonyl (C=O) groups is 2. The van der Waals surface area contributed by atoms with Crippen molar-refractivity contribution < 1.29 is 14.3 Å². The summed E-state index contributed by atoms with van der Waals surface area (Å²) in [7, 11) is 3.20. The van der Waals surface area contributed by atoms with Crippen molar-refractivity contribution in [3.05, 3.63) is 28.5 Å². The third-order valence-electron chi connectivity index (χ3n) is 4.64. The molecule has 0 radical (unpaired) electrons. The molecule has 2 aromatic rings. The van der Waals surface area contributed by atoms with Crippen LogP contribution in [0, 0.1) is 5.92 Å². The largest absolute Gasteiger partial charge is 0.465 e. The fourth-order valence-corrected chi connectivity index (χ4v) is 4.34. The molecule has 2 N–H and O–H groups in total. The highest BCUT2D eigenvalue weighted by atomic mass is 35.5. The molecule has 1 aliphatic rings. The van der Waals surface area contributed by atoms with Crippen LogP contribution in [-0.2, 0) is 22.0 Å². The topological polar surface area (TPSA) is 98.1 Å². The van der Waals surface area contributed by atoms with Crippen molar-refractivity contribution in [3.63, 3.8) is 0 Å². The van der Waals surface area contributed by atoms with Crippen LogP contribution in [0.25, 0.3) is 0 Å². The first kappa shape index (κ1) is 22.3. The summed E-state index contributed by atoms with van der Waals surface area (Å²) in [6, 6.07) is 0. The number of amides is 1. The maximum absolute atomic E-state index is 12.9. The number of nitrogens with zero attached hydrogens (tertiary/aromatic N) is 3. The van der Waals surface area contributed by atoms with Crippen molar-refractivity contribution in [1.29, 1.82) is 0 Å². The van der Waals surface area contributed by atoms with Gasteiger partial charge in [-0.05, 0) is 5.56 Å². The molecule has 2 atom stereocenters. The van der Waals surface area contributed by atoms with Crippen LogP contribution in [0.1, 0.15) is 47.6 Å². The number of halogens is 1. The Bertz CT molecular complexity index is 858. The summed E-state index contributed by atoms with van der Waals surface area (Å²) < 4.78 is 6.60. The molecule has 3 rings (SSSR count). The van der Waals surface area contributed by atoms with E-state index in [4.69, 9.17) is 4.74 Å². The van der Waals surface area contributed by atoms with E-state index in [2.05, 4.69) is 20.7 Å². The van der Waals surface area contributed by atoms with Gasteiger partial charge < -0.3 is 15.4 Å². The first-order chi connectivity index (χ1) is 12.7. The molecule has 8 nitrogen and oxygen atoms in total. The molecule has 0 bridgehead atoms. The summed E-state index contributed by atoms with van der Waals surface area (Å²) in [5, 5.41) is 10.8. The number of methoxy groups -OCH3 is 1. The van der Waals surface area contributed by atoms with Crippen LogP contribution in [0.4, 0.5) is 5.13 Å². The predicted molar refractivity (Wildman–Crippen MR) is 110 cm³/mol. The quantitative estimate of drug-likeness (QED) is 0.726. The number of esters is 1. The molecular formula is C18H26ClN5O3S. The number of rotatable bonds is 4. The van der Waals surface area contributed by atoms with Crippen LogP contribution < -0.4 is 10.6 Å². The minimum atomic E-state index is -0.436. The second kappa shape index (κ2) is 8.59. The van der Waals surface area contributed by atoms with Gasteiger partial charge in [-0.25, -0.2) is 9.78 Å². The molecule has 0 aromatic carbocycles. The van der Waals surface area contributed by atoms with Crippen LogP contribution in [0.3, 0.4) is 0 Å². The lowest BCUT2D eigenvalue weighted by Gasteiger charge is -2.17. The molecule has 1 amide bonds. The van der Waals surface area contributed by atoms with E-state index in [-0.39, 0.29) is 35.6 Å². The smallest absolute Gasteiger partial charge is 0.350 e. The minimum absolute atomic E-state index is 0. The Balaban J connectivity index is 0.00000280. The highest BCUT2D eigenvalue weighted by Gasteiger charge is 2.36. The fraction of sp³-hybridized carbons (Fsp3) is 0.556. The number of nitrogens with one attached hydrogen (secondary N) is 2. The average Bonchev–Trinajstić information content (AvgIpc) is 3.31. The third-order valence-corrected chi connectivity index (χ3v) is 5.59. The Labute approximate surface area is 174 Å². The highest BCUT2D eigenvalue weighted by molar-refractivity contribution is 7.17. The zero-order valence-electron chi connectivity index (χ0n) is 16.6. The fourth-order valence-electron chi connectivity index (χ4n) is 3.25. The Morgan fingerprint density at radius 3 is 2.64 bits per heavy atom. The lowest BCUT2D eigenvalue weighted by Crippen LogP contribution is -2.28. The molecule has 0 spiro atoms. The molecule has 1 saturated heterocycles. The lowest BCUT2D eigenvalue weighted by molar-refractivity contribution is -0.119. The zero-order chi connectivity index (χ0) is 19.8. The van der Waals surface area contributed by atoms with E-state index in [1.54, 1.807) is 10.9 Å². The van der Waals surface area contributed by atoms with Crippen LogP contribution in [-0.4, -0.2) is 46.8 Å². The Morgan fingerprint density at radius 1 is 1.36 bits per heavy atom. The molecule has 1 fully saturated rings. The van der Waals surface area contributed by atoms with E-state index in [0.717, 1.165) is 23.4 Å². The van der Waals surface area contributed by atoms with Gasteiger partial charge in [-0.3, -0.25) is 9.48 Å². The Morgan fingerprint density at radius 2 is 2.07 bits per heavy atom.